The molecule has 0 fully saturated rings. The van der Waals surface area contributed by atoms with Gasteiger partial charge in [0.2, 0.25) is 0 Å². The maximum atomic E-state index is 3.84. The fraction of sp³-hybridized carbons (Fsp3) is 0.263. The van der Waals surface area contributed by atoms with Crippen LogP contribution < -0.4 is 5.32 Å². The van der Waals surface area contributed by atoms with Gasteiger partial charge in [0.25, 0.3) is 0 Å². The van der Waals surface area contributed by atoms with Crippen molar-refractivity contribution in [2.24, 2.45) is 5.92 Å². The van der Waals surface area contributed by atoms with Crippen LogP contribution in [0.5, 0.6) is 0 Å². The van der Waals surface area contributed by atoms with Crippen molar-refractivity contribution in [2.75, 3.05) is 5.32 Å². The minimum absolute atomic E-state index is 0.388. The van der Waals surface area contributed by atoms with Gasteiger partial charge in [0.1, 0.15) is 0 Å². The Hall–Kier alpha value is -0.810. The molecule has 1 nitrogen and oxygen atoms in total. The van der Waals surface area contributed by atoms with Crippen molar-refractivity contribution < 1.29 is 0 Å². The van der Waals surface area contributed by atoms with Crippen molar-refractivity contribution in [3.63, 3.8) is 0 Å². The van der Waals surface area contributed by atoms with E-state index in [0.717, 1.165) is 10.9 Å². The highest BCUT2D eigenvalue weighted by molar-refractivity contribution is 14.1. The molecule has 3 atom stereocenters. The summed E-state index contributed by atoms with van der Waals surface area (Å²) in [4.78, 5) is 0. The Kier molecular flexibility index (Phi) is 3.81. The first-order valence-corrected chi connectivity index (χ1v) is 9.49. The molecule has 4 rings (SSSR count). The normalized spacial score (nSPS) is 25.5. The number of aryl methyl sites for hydroxylation is 1. The Balaban J connectivity index is 1.82. The molecule has 0 spiro atoms. The van der Waals surface area contributed by atoms with Crippen molar-refractivity contribution in [2.45, 2.75) is 25.3 Å². The minimum atomic E-state index is 0.388. The summed E-state index contributed by atoms with van der Waals surface area (Å²) in [7, 11) is 0. The van der Waals surface area contributed by atoms with Crippen LogP contribution in [0.1, 0.15) is 35.1 Å². The third kappa shape index (κ3) is 2.42. The second-order valence-electron chi connectivity index (χ2n) is 6.21. The number of nitrogens with one attached hydrogen (secondary N) is 1. The fourth-order valence-corrected chi connectivity index (χ4v) is 4.91. The average Bonchev–Trinajstić information content (AvgIpc) is 2.97. The zero-order valence-electron chi connectivity index (χ0n) is 12.3. The number of allylic oxidation sites excluding steroid dienone is 2. The molecule has 1 heterocycles. The third-order valence-electron chi connectivity index (χ3n) is 4.86. The molecular weight excluding hydrogens is 449 g/mol. The lowest BCUT2D eigenvalue weighted by molar-refractivity contribution is 0.425. The highest BCUT2D eigenvalue weighted by Gasteiger charge is 2.38. The number of anilines is 1. The quantitative estimate of drug-likeness (QED) is 0.391. The topological polar surface area (TPSA) is 12.0 Å². The van der Waals surface area contributed by atoms with Crippen LogP contribution in [-0.4, -0.2) is 0 Å². The van der Waals surface area contributed by atoms with Crippen molar-refractivity contribution >= 4 is 44.2 Å². The van der Waals surface area contributed by atoms with Crippen LogP contribution in [0.25, 0.3) is 0 Å². The molecule has 0 saturated heterocycles. The highest BCUT2D eigenvalue weighted by Crippen LogP contribution is 2.50. The van der Waals surface area contributed by atoms with E-state index in [9.17, 15) is 0 Å². The SMILES string of the molecule is Cc1cc(I)cc2c1N[C@H](c1ccc(Br)cc1)[C@H]1CC=C[C@H]21. The summed E-state index contributed by atoms with van der Waals surface area (Å²) < 4.78 is 2.47. The van der Waals surface area contributed by atoms with Gasteiger partial charge in [-0.25, -0.2) is 0 Å². The van der Waals surface area contributed by atoms with Crippen molar-refractivity contribution in [1.82, 2.24) is 0 Å². The summed E-state index contributed by atoms with van der Waals surface area (Å²) in [5.41, 5.74) is 5.53. The van der Waals surface area contributed by atoms with E-state index in [2.05, 4.69) is 99.3 Å². The van der Waals surface area contributed by atoms with E-state index < -0.39 is 0 Å². The molecule has 0 bridgehead atoms. The Morgan fingerprint density at radius 2 is 1.95 bits per heavy atom. The van der Waals surface area contributed by atoms with Gasteiger partial charge in [-0.2, -0.15) is 0 Å². The number of hydrogen-bond donors (Lipinski definition) is 1. The molecule has 2 aliphatic rings. The summed E-state index contributed by atoms with van der Waals surface area (Å²) >= 11 is 5.97. The van der Waals surface area contributed by atoms with Crippen LogP contribution in [0.3, 0.4) is 0 Å². The lowest BCUT2D eigenvalue weighted by Crippen LogP contribution is -2.29. The number of benzene rings is 2. The van der Waals surface area contributed by atoms with Gasteiger partial charge in [-0.1, -0.05) is 40.2 Å². The van der Waals surface area contributed by atoms with Gasteiger partial charge in [-0.05, 0) is 82.8 Å². The van der Waals surface area contributed by atoms with E-state index in [1.807, 2.05) is 0 Å². The first kappa shape index (κ1) is 14.8. The van der Waals surface area contributed by atoms with Crippen LogP contribution >= 0.6 is 38.5 Å². The second-order valence-corrected chi connectivity index (χ2v) is 8.38. The molecule has 0 saturated carbocycles. The molecule has 0 radical (unpaired) electrons. The molecule has 1 aliphatic heterocycles. The number of fused-ring (bicyclic) bond motifs is 3. The van der Waals surface area contributed by atoms with Gasteiger partial charge in [0, 0.05) is 19.6 Å². The van der Waals surface area contributed by atoms with E-state index in [4.69, 9.17) is 0 Å². The van der Waals surface area contributed by atoms with Gasteiger partial charge in [0.05, 0.1) is 6.04 Å². The van der Waals surface area contributed by atoms with Gasteiger partial charge < -0.3 is 5.32 Å². The standard InChI is InChI=1S/C19H17BrIN/c1-11-9-14(21)10-17-15-3-2-4-16(15)19(22-18(11)17)12-5-7-13(20)8-6-12/h2-3,5-10,15-16,19,22H,4H2,1H3/t15-,16-,19+/m0/s1. The summed E-state index contributed by atoms with van der Waals surface area (Å²) in [5.74, 6) is 1.16. The van der Waals surface area contributed by atoms with Gasteiger partial charge in [-0.15, -0.1) is 0 Å². The molecule has 1 aliphatic carbocycles. The minimum Gasteiger partial charge on any atom is -0.377 e. The van der Waals surface area contributed by atoms with E-state index in [-0.39, 0.29) is 0 Å². The molecule has 0 aromatic heterocycles. The highest BCUT2D eigenvalue weighted by atomic mass is 127. The molecule has 22 heavy (non-hydrogen) atoms. The zero-order valence-corrected chi connectivity index (χ0v) is 16.1. The summed E-state index contributed by atoms with van der Waals surface area (Å²) in [5, 5.41) is 3.84. The third-order valence-corrected chi connectivity index (χ3v) is 6.01. The number of halogens is 2. The number of rotatable bonds is 1. The van der Waals surface area contributed by atoms with E-state index in [1.54, 1.807) is 0 Å². The molecule has 0 amide bonds. The Labute approximate surface area is 153 Å². The Morgan fingerprint density at radius 1 is 1.18 bits per heavy atom. The predicted molar refractivity (Wildman–Crippen MR) is 104 cm³/mol. The van der Waals surface area contributed by atoms with Crippen molar-refractivity contribution in [3.05, 3.63) is 73.3 Å². The summed E-state index contributed by atoms with van der Waals surface area (Å²) in [6, 6.07) is 13.8. The lowest BCUT2D eigenvalue weighted by atomic mass is 9.76. The van der Waals surface area contributed by atoms with Crippen LogP contribution in [0, 0.1) is 16.4 Å². The van der Waals surface area contributed by atoms with Crippen molar-refractivity contribution in [3.8, 4) is 0 Å². The molecule has 0 unspecified atom stereocenters. The predicted octanol–water partition coefficient (Wildman–Crippen LogP) is 6.19. The van der Waals surface area contributed by atoms with Crippen LogP contribution in [0.2, 0.25) is 0 Å². The fourth-order valence-electron chi connectivity index (χ4n) is 3.84. The van der Waals surface area contributed by atoms with Crippen LogP contribution in [0.4, 0.5) is 5.69 Å². The largest absolute Gasteiger partial charge is 0.377 e. The Morgan fingerprint density at radius 3 is 2.73 bits per heavy atom. The Bertz CT molecular complexity index is 751. The van der Waals surface area contributed by atoms with Crippen LogP contribution in [0.15, 0.2) is 53.0 Å². The smallest absolute Gasteiger partial charge is 0.0554 e. The molecule has 2 aromatic carbocycles. The lowest BCUT2D eigenvalue weighted by Gasteiger charge is -2.38. The first-order chi connectivity index (χ1) is 10.6. The van der Waals surface area contributed by atoms with Gasteiger partial charge >= 0.3 is 0 Å². The molecule has 3 heteroatoms. The van der Waals surface area contributed by atoms with E-state index in [1.165, 1.54) is 25.9 Å². The van der Waals surface area contributed by atoms with Crippen molar-refractivity contribution in [1.29, 1.82) is 0 Å². The summed E-state index contributed by atoms with van der Waals surface area (Å²) in [6.45, 7) is 2.21. The van der Waals surface area contributed by atoms with E-state index >= 15 is 0 Å². The second kappa shape index (κ2) is 5.68. The first-order valence-electron chi connectivity index (χ1n) is 7.62. The summed E-state index contributed by atoms with van der Waals surface area (Å²) in [6.07, 6.45) is 5.92. The van der Waals surface area contributed by atoms with Gasteiger partial charge in [-0.3, -0.25) is 0 Å². The molecular formula is C19H17BrIN. The zero-order chi connectivity index (χ0) is 15.3. The van der Waals surface area contributed by atoms with E-state index in [0.29, 0.717) is 17.9 Å². The van der Waals surface area contributed by atoms with Crippen LogP contribution in [-0.2, 0) is 0 Å². The molecule has 112 valence electrons. The monoisotopic (exact) mass is 465 g/mol. The van der Waals surface area contributed by atoms with Gasteiger partial charge in [0.15, 0.2) is 0 Å². The molecule has 1 N–H and O–H groups in total. The number of hydrogen-bond acceptors (Lipinski definition) is 1. The maximum absolute atomic E-state index is 3.84. The maximum Gasteiger partial charge on any atom is 0.0554 e. The molecule has 2 aromatic rings. The average molecular weight is 466 g/mol.